The van der Waals surface area contributed by atoms with Crippen molar-refractivity contribution in [3.63, 3.8) is 0 Å². The highest BCUT2D eigenvalue weighted by molar-refractivity contribution is 4.81. The lowest BCUT2D eigenvalue weighted by atomic mass is 10.2. The molecule has 1 aliphatic heterocycles. The van der Waals surface area contributed by atoms with Crippen LogP contribution in [0.5, 0.6) is 0 Å². The maximum Gasteiger partial charge on any atom is 0.253 e. The van der Waals surface area contributed by atoms with E-state index in [1.54, 1.807) is 0 Å². The van der Waals surface area contributed by atoms with Crippen molar-refractivity contribution in [2.45, 2.75) is 39.2 Å². The first-order chi connectivity index (χ1) is 5.61. The van der Waals surface area contributed by atoms with Gasteiger partial charge in [-0.05, 0) is 25.3 Å². The molecule has 1 heterocycles. The molecule has 0 aromatic heterocycles. The van der Waals surface area contributed by atoms with Gasteiger partial charge in [0.2, 0.25) is 0 Å². The number of hydrogen-bond acceptors (Lipinski definition) is 1. The second-order valence-electron chi connectivity index (χ2n) is 3.93. The van der Waals surface area contributed by atoms with Gasteiger partial charge in [-0.3, -0.25) is 4.90 Å². The first kappa shape index (κ1) is 9.90. The van der Waals surface area contributed by atoms with E-state index in [1.165, 1.54) is 0 Å². The Morgan fingerprint density at radius 3 is 2.58 bits per heavy atom. The Morgan fingerprint density at radius 2 is 2.08 bits per heavy atom. The third-order valence-corrected chi connectivity index (χ3v) is 2.30. The highest BCUT2D eigenvalue weighted by Gasteiger charge is 2.31. The summed E-state index contributed by atoms with van der Waals surface area (Å²) in [5.41, 5.74) is 0. The van der Waals surface area contributed by atoms with Crippen molar-refractivity contribution in [2.24, 2.45) is 5.92 Å². The fourth-order valence-corrected chi connectivity index (χ4v) is 1.83. The van der Waals surface area contributed by atoms with E-state index >= 15 is 0 Å². The molecule has 0 radical (unpaired) electrons. The molecule has 1 unspecified atom stereocenters. The lowest BCUT2D eigenvalue weighted by Crippen LogP contribution is -2.37. The van der Waals surface area contributed by atoms with E-state index in [0.29, 0.717) is 12.3 Å². The van der Waals surface area contributed by atoms with Gasteiger partial charge >= 0.3 is 0 Å². The van der Waals surface area contributed by atoms with Gasteiger partial charge in [0.25, 0.3) is 6.43 Å². The Bertz CT molecular complexity index is 136. The largest absolute Gasteiger partial charge is 0.295 e. The van der Waals surface area contributed by atoms with E-state index in [-0.39, 0.29) is 0 Å². The summed E-state index contributed by atoms with van der Waals surface area (Å²) in [6, 6.07) is -0.465. The van der Waals surface area contributed by atoms with Gasteiger partial charge in [-0.15, -0.1) is 0 Å². The number of halogens is 2. The normalized spacial score (nSPS) is 26.0. The molecule has 0 bridgehead atoms. The molecule has 12 heavy (non-hydrogen) atoms. The number of nitrogens with zero attached hydrogens (tertiary/aromatic N) is 1. The Labute approximate surface area is 72.7 Å². The summed E-state index contributed by atoms with van der Waals surface area (Å²) < 4.78 is 24.8. The Hall–Kier alpha value is -0.180. The van der Waals surface area contributed by atoms with Crippen LogP contribution in [0.4, 0.5) is 8.78 Å². The number of hydrogen-bond donors (Lipinski definition) is 0. The molecule has 1 rings (SSSR count). The molecule has 72 valence electrons. The molecule has 1 nitrogen and oxygen atoms in total. The van der Waals surface area contributed by atoms with E-state index in [4.69, 9.17) is 0 Å². The maximum absolute atomic E-state index is 12.4. The summed E-state index contributed by atoms with van der Waals surface area (Å²) in [5.74, 6) is 0.490. The number of rotatable bonds is 3. The molecule has 0 aromatic carbocycles. The molecule has 1 fully saturated rings. The molecule has 0 spiro atoms. The SMILES string of the molecule is CC(C)CN1CCCC1C(F)F. The molecule has 3 heteroatoms. The van der Waals surface area contributed by atoms with E-state index in [1.807, 2.05) is 4.90 Å². The van der Waals surface area contributed by atoms with Crippen molar-refractivity contribution in [2.75, 3.05) is 13.1 Å². The predicted octanol–water partition coefficient (Wildman–Crippen LogP) is 2.37. The molecule has 0 N–H and O–H groups in total. The lowest BCUT2D eigenvalue weighted by molar-refractivity contribution is 0.0426. The molecule has 0 amide bonds. The van der Waals surface area contributed by atoms with Crippen LogP contribution >= 0.6 is 0 Å². The second kappa shape index (κ2) is 4.17. The van der Waals surface area contributed by atoms with Gasteiger partial charge < -0.3 is 0 Å². The van der Waals surface area contributed by atoms with Gasteiger partial charge in [0, 0.05) is 6.54 Å². The summed E-state index contributed by atoms with van der Waals surface area (Å²) in [4.78, 5) is 1.93. The van der Waals surface area contributed by atoms with E-state index in [9.17, 15) is 8.78 Å². The lowest BCUT2D eigenvalue weighted by Gasteiger charge is -2.25. The van der Waals surface area contributed by atoms with Crippen LogP contribution in [0.2, 0.25) is 0 Å². The van der Waals surface area contributed by atoms with Crippen molar-refractivity contribution < 1.29 is 8.78 Å². The van der Waals surface area contributed by atoms with Gasteiger partial charge in [0.1, 0.15) is 0 Å². The fraction of sp³-hybridized carbons (Fsp3) is 1.00. The molecule has 1 aliphatic rings. The van der Waals surface area contributed by atoms with E-state index in [0.717, 1.165) is 19.5 Å². The van der Waals surface area contributed by atoms with Crippen molar-refractivity contribution in [1.82, 2.24) is 4.90 Å². The molecular weight excluding hydrogens is 160 g/mol. The van der Waals surface area contributed by atoms with Crippen LogP contribution in [0.3, 0.4) is 0 Å². The van der Waals surface area contributed by atoms with Crippen LogP contribution in [0, 0.1) is 5.92 Å². The Balaban J connectivity index is 2.41. The Kier molecular flexibility index (Phi) is 3.44. The fourth-order valence-electron chi connectivity index (χ4n) is 1.83. The minimum absolute atomic E-state index is 0.465. The second-order valence-corrected chi connectivity index (χ2v) is 3.93. The van der Waals surface area contributed by atoms with Crippen LogP contribution in [-0.2, 0) is 0 Å². The van der Waals surface area contributed by atoms with Gasteiger partial charge in [0.05, 0.1) is 6.04 Å². The smallest absolute Gasteiger partial charge is 0.253 e. The summed E-state index contributed by atoms with van der Waals surface area (Å²) in [6.45, 7) is 5.81. The van der Waals surface area contributed by atoms with Gasteiger partial charge in [0.15, 0.2) is 0 Å². The summed E-state index contributed by atoms with van der Waals surface area (Å²) >= 11 is 0. The average molecular weight is 177 g/mol. The van der Waals surface area contributed by atoms with E-state index in [2.05, 4.69) is 13.8 Å². The van der Waals surface area contributed by atoms with Crippen molar-refractivity contribution in [3.8, 4) is 0 Å². The molecule has 1 atom stereocenters. The summed E-state index contributed by atoms with van der Waals surface area (Å²) in [7, 11) is 0. The zero-order valence-electron chi connectivity index (χ0n) is 7.76. The van der Waals surface area contributed by atoms with Crippen LogP contribution in [-0.4, -0.2) is 30.5 Å². The zero-order valence-corrected chi connectivity index (χ0v) is 7.76. The zero-order chi connectivity index (χ0) is 9.14. The first-order valence-electron chi connectivity index (χ1n) is 4.63. The highest BCUT2D eigenvalue weighted by atomic mass is 19.3. The van der Waals surface area contributed by atoms with Gasteiger partial charge in [-0.25, -0.2) is 8.78 Å². The molecular formula is C9H17F2N. The Morgan fingerprint density at radius 1 is 1.42 bits per heavy atom. The standard InChI is InChI=1S/C9H17F2N/c1-7(2)6-12-5-3-4-8(12)9(10)11/h7-9H,3-6H2,1-2H3. The van der Waals surface area contributed by atoms with E-state index < -0.39 is 12.5 Å². The minimum Gasteiger partial charge on any atom is -0.295 e. The monoisotopic (exact) mass is 177 g/mol. The maximum atomic E-state index is 12.4. The minimum atomic E-state index is -2.16. The van der Waals surface area contributed by atoms with Crippen molar-refractivity contribution in [3.05, 3.63) is 0 Å². The molecule has 0 aromatic rings. The van der Waals surface area contributed by atoms with Crippen LogP contribution < -0.4 is 0 Å². The first-order valence-corrected chi connectivity index (χ1v) is 4.63. The quantitative estimate of drug-likeness (QED) is 0.639. The topological polar surface area (TPSA) is 3.24 Å². The van der Waals surface area contributed by atoms with Crippen molar-refractivity contribution in [1.29, 1.82) is 0 Å². The average Bonchev–Trinajstić information content (AvgIpc) is 2.33. The van der Waals surface area contributed by atoms with Crippen molar-refractivity contribution >= 4 is 0 Å². The van der Waals surface area contributed by atoms with Gasteiger partial charge in [-0.1, -0.05) is 13.8 Å². The highest BCUT2D eigenvalue weighted by Crippen LogP contribution is 2.23. The predicted molar refractivity (Wildman–Crippen MR) is 45.4 cm³/mol. The number of likely N-dealkylation sites (tertiary alicyclic amines) is 1. The third-order valence-electron chi connectivity index (χ3n) is 2.30. The van der Waals surface area contributed by atoms with Crippen LogP contribution in [0.1, 0.15) is 26.7 Å². The number of alkyl halides is 2. The summed E-state index contributed by atoms with van der Waals surface area (Å²) in [6.07, 6.45) is -0.558. The van der Waals surface area contributed by atoms with Crippen LogP contribution in [0.15, 0.2) is 0 Å². The van der Waals surface area contributed by atoms with Crippen LogP contribution in [0.25, 0.3) is 0 Å². The summed E-state index contributed by atoms with van der Waals surface area (Å²) in [5, 5.41) is 0. The molecule has 0 saturated carbocycles. The molecule has 0 aliphatic carbocycles. The van der Waals surface area contributed by atoms with Gasteiger partial charge in [-0.2, -0.15) is 0 Å². The third kappa shape index (κ3) is 2.41. The molecule has 1 saturated heterocycles.